The normalized spacial score (nSPS) is 15.5. The molecule has 1 fully saturated rings. The molecule has 0 atom stereocenters. The highest BCUT2D eigenvalue weighted by Crippen LogP contribution is 2.31. The van der Waals surface area contributed by atoms with Crippen molar-refractivity contribution >= 4 is 22.1 Å². The van der Waals surface area contributed by atoms with Crippen LogP contribution in [0.2, 0.25) is 0 Å². The van der Waals surface area contributed by atoms with E-state index < -0.39 is 5.97 Å². The van der Waals surface area contributed by atoms with Crippen LogP contribution in [-0.2, 0) is 0 Å². The van der Waals surface area contributed by atoms with E-state index >= 15 is 0 Å². The number of carboxylic acid groups (broad SMARTS) is 1. The lowest BCUT2D eigenvalue weighted by molar-refractivity contribution is 0.0694. The number of hydrogen-bond acceptors (Lipinski definition) is 4. The summed E-state index contributed by atoms with van der Waals surface area (Å²) in [5.41, 5.74) is 0.177. The minimum Gasteiger partial charge on any atom is -0.477 e. The van der Waals surface area contributed by atoms with Crippen molar-refractivity contribution in [3.63, 3.8) is 0 Å². The molecule has 0 radical (unpaired) electrons. The molecule has 0 unspecified atom stereocenters. The summed E-state index contributed by atoms with van der Waals surface area (Å²) in [7, 11) is 0. The summed E-state index contributed by atoms with van der Waals surface area (Å²) in [4.78, 5) is 11.8. The monoisotopic (exact) mass is 238 g/mol. The van der Waals surface area contributed by atoms with Crippen LogP contribution in [0.1, 0.15) is 23.2 Å². The van der Waals surface area contributed by atoms with E-state index in [1.54, 1.807) is 16.1 Å². The summed E-state index contributed by atoms with van der Waals surface area (Å²) in [5, 5.41) is 15.0. The van der Waals surface area contributed by atoms with Crippen molar-refractivity contribution in [1.82, 2.24) is 9.61 Å². The van der Waals surface area contributed by atoms with Gasteiger partial charge in [0.1, 0.15) is 4.83 Å². The molecule has 0 aromatic carbocycles. The van der Waals surface area contributed by atoms with Gasteiger partial charge in [-0.1, -0.05) is 0 Å². The van der Waals surface area contributed by atoms with Crippen LogP contribution in [0.25, 0.3) is 4.83 Å². The number of nitrogens with zero attached hydrogens (tertiary/aromatic N) is 2. The first-order chi connectivity index (χ1) is 7.75. The number of ether oxygens (including phenoxy) is 1. The van der Waals surface area contributed by atoms with Gasteiger partial charge in [0, 0.05) is 11.6 Å². The summed E-state index contributed by atoms with van der Waals surface area (Å²) in [6.45, 7) is 0.575. The Morgan fingerprint density at radius 3 is 3.19 bits per heavy atom. The van der Waals surface area contributed by atoms with E-state index in [2.05, 4.69) is 5.10 Å². The summed E-state index contributed by atoms with van der Waals surface area (Å²) in [6.07, 6.45) is 4.08. The fraction of sp³-hybridized carbons (Fsp3) is 0.400. The SMILES string of the molecule is O=C(O)c1c(OCC2CC2)nn2ccsc12. The highest BCUT2D eigenvalue weighted by atomic mass is 32.1. The molecule has 2 aromatic heterocycles. The Labute approximate surface area is 95.3 Å². The molecule has 2 aromatic rings. The molecule has 1 N–H and O–H groups in total. The maximum atomic E-state index is 11.1. The average Bonchev–Trinajstić information content (AvgIpc) is 2.83. The van der Waals surface area contributed by atoms with E-state index in [0.717, 1.165) is 0 Å². The lowest BCUT2D eigenvalue weighted by Gasteiger charge is -2.01. The molecule has 2 heterocycles. The van der Waals surface area contributed by atoms with Crippen LogP contribution in [-0.4, -0.2) is 27.3 Å². The fourth-order valence-corrected chi connectivity index (χ4v) is 2.34. The topological polar surface area (TPSA) is 63.8 Å². The van der Waals surface area contributed by atoms with Gasteiger partial charge >= 0.3 is 5.97 Å². The van der Waals surface area contributed by atoms with Crippen LogP contribution >= 0.6 is 11.3 Å². The van der Waals surface area contributed by atoms with E-state index in [1.807, 2.05) is 0 Å². The van der Waals surface area contributed by atoms with Crippen molar-refractivity contribution in [2.45, 2.75) is 12.8 Å². The Hall–Kier alpha value is -1.56. The molecule has 0 saturated heterocycles. The van der Waals surface area contributed by atoms with Crippen molar-refractivity contribution in [3.05, 3.63) is 17.1 Å². The largest absolute Gasteiger partial charge is 0.477 e. The molecule has 1 saturated carbocycles. The van der Waals surface area contributed by atoms with E-state index in [9.17, 15) is 4.79 Å². The van der Waals surface area contributed by atoms with Crippen molar-refractivity contribution in [1.29, 1.82) is 0 Å². The van der Waals surface area contributed by atoms with Crippen LogP contribution in [0.4, 0.5) is 0 Å². The van der Waals surface area contributed by atoms with Gasteiger partial charge in [-0.15, -0.1) is 16.4 Å². The number of fused-ring (bicyclic) bond motifs is 1. The lowest BCUT2D eigenvalue weighted by Crippen LogP contribution is -2.04. The minimum absolute atomic E-state index is 0.177. The quantitative estimate of drug-likeness (QED) is 0.883. The third-order valence-corrected chi connectivity index (χ3v) is 3.45. The fourth-order valence-electron chi connectivity index (χ4n) is 1.53. The van der Waals surface area contributed by atoms with Gasteiger partial charge in [-0.25, -0.2) is 9.31 Å². The molecule has 1 aliphatic rings. The van der Waals surface area contributed by atoms with Crippen molar-refractivity contribution < 1.29 is 14.6 Å². The van der Waals surface area contributed by atoms with Crippen LogP contribution < -0.4 is 4.74 Å². The van der Waals surface area contributed by atoms with Crippen molar-refractivity contribution in [2.24, 2.45) is 5.92 Å². The third-order valence-electron chi connectivity index (χ3n) is 2.58. The van der Waals surface area contributed by atoms with Gasteiger partial charge in [0.05, 0.1) is 6.61 Å². The number of rotatable bonds is 4. The van der Waals surface area contributed by atoms with Crippen LogP contribution in [0.15, 0.2) is 11.6 Å². The Balaban J connectivity index is 1.96. The summed E-state index contributed by atoms with van der Waals surface area (Å²) < 4.78 is 7.01. The first kappa shape index (κ1) is 9.65. The number of carbonyl (C=O) groups is 1. The van der Waals surface area contributed by atoms with Gasteiger partial charge in [0.25, 0.3) is 0 Å². The van der Waals surface area contributed by atoms with Crippen LogP contribution in [0.5, 0.6) is 5.88 Å². The number of carboxylic acids is 1. The van der Waals surface area contributed by atoms with Gasteiger partial charge in [-0.2, -0.15) is 0 Å². The van der Waals surface area contributed by atoms with E-state index in [4.69, 9.17) is 9.84 Å². The van der Waals surface area contributed by atoms with Crippen molar-refractivity contribution in [2.75, 3.05) is 6.61 Å². The van der Waals surface area contributed by atoms with E-state index in [0.29, 0.717) is 17.4 Å². The highest BCUT2D eigenvalue weighted by Gasteiger charge is 2.26. The number of aromatic nitrogens is 2. The van der Waals surface area contributed by atoms with Crippen LogP contribution in [0.3, 0.4) is 0 Å². The molecule has 16 heavy (non-hydrogen) atoms. The molecule has 1 aliphatic carbocycles. The number of hydrogen-bond donors (Lipinski definition) is 1. The smallest absolute Gasteiger partial charge is 0.344 e. The highest BCUT2D eigenvalue weighted by molar-refractivity contribution is 7.16. The predicted octanol–water partition coefficient (Wildman–Crippen LogP) is 1.88. The Morgan fingerprint density at radius 2 is 2.50 bits per heavy atom. The maximum Gasteiger partial charge on any atom is 0.344 e. The standard InChI is InChI=1S/C10H10N2O3S/c13-10(14)7-8(15-5-6-1-2-6)11-12-3-4-16-9(7)12/h3-4,6H,1-2,5H2,(H,13,14). The van der Waals surface area contributed by atoms with E-state index in [1.165, 1.54) is 24.2 Å². The average molecular weight is 238 g/mol. The molecular formula is C10H10N2O3S. The Morgan fingerprint density at radius 1 is 1.69 bits per heavy atom. The van der Waals surface area contributed by atoms with Gasteiger partial charge in [0.15, 0.2) is 5.56 Å². The van der Waals surface area contributed by atoms with Crippen LogP contribution in [0, 0.1) is 5.92 Å². The molecule has 0 spiro atoms. The summed E-state index contributed by atoms with van der Waals surface area (Å²) in [5.74, 6) is -0.157. The zero-order chi connectivity index (χ0) is 11.1. The first-order valence-corrected chi connectivity index (χ1v) is 5.95. The van der Waals surface area contributed by atoms with Gasteiger partial charge in [0.2, 0.25) is 5.88 Å². The second-order valence-electron chi connectivity index (χ2n) is 3.89. The minimum atomic E-state index is -0.983. The molecule has 3 rings (SSSR count). The predicted molar refractivity (Wildman–Crippen MR) is 58.2 cm³/mol. The second kappa shape index (κ2) is 3.48. The molecular weight excluding hydrogens is 228 g/mol. The molecule has 0 amide bonds. The first-order valence-electron chi connectivity index (χ1n) is 5.07. The van der Waals surface area contributed by atoms with Gasteiger partial charge in [-0.05, 0) is 18.8 Å². The third kappa shape index (κ3) is 1.55. The molecule has 84 valence electrons. The van der Waals surface area contributed by atoms with Crippen molar-refractivity contribution in [3.8, 4) is 5.88 Å². The van der Waals surface area contributed by atoms with E-state index in [-0.39, 0.29) is 11.4 Å². The molecule has 5 nitrogen and oxygen atoms in total. The lowest BCUT2D eigenvalue weighted by atomic mass is 10.3. The number of aromatic carboxylic acids is 1. The van der Waals surface area contributed by atoms with Gasteiger partial charge < -0.3 is 9.84 Å². The summed E-state index contributed by atoms with van der Waals surface area (Å²) in [6, 6.07) is 0. The van der Waals surface area contributed by atoms with Gasteiger partial charge in [-0.3, -0.25) is 0 Å². The molecule has 0 aliphatic heterocycles. The second-order valence-corrected chi connectivity index (χ2v) is 4.79. The number of thiazole rings is 1. The molecule has 6 heteroatoms. The Bertz CT molecular complexity index is 541. The zero-order valence-electron chi connectivity index (χ0n) is 8.42. The molecule has 0 bridgehead atoms. The maximum absolute atomic E-state index is 11.1. The summed E-state index contributed by atoms with van der Waals surface area (Å²) >= 11 is 1.35. The zero-order valence-corrected chi connectivity index (χ0v) is 9.24. The Kier molecular flexibility index (Phi) is 2.10.